The molecule has 0 aromatic heterocycles. The molecular formula is C27H23BrF8O10. The van der Waals surface area contributed by atoms with Gasteiger partial charge in [-0.1, -0.05) is 35.7 Å². The van der Waals surface area contributed by atoms with Crippen LogP contribution in [-0.2, 0) is 28.6 Å². The minimum absolute atomic E-state index is 0.371. The highest BCUT2D eigenvalue weighted by atomic mass is 79.9. The van der Waals surface area contributed by atoms with Gasteiger partial charge < -0.3 is 33.9 Å². The fourth-order valence-electron chi connectivity index (χ4n) is 2.34. The number of alkyl halides is 1. The van der Waals surface area contributed by atoms with Gasteiger partial charge in [0.05, 0.1) is 0 Å². The molecule has 0 aliphatic heterocycles. The maximum atomic E-state index is 13.8. The van der Waals surface area contributed by atoms with Crippen LogP contribution >= 0.6 is 15.9 Å². The third kappa shape index (κ3) is 12.7. The van der Waals surface area contributed by atoms with Crippen molar-refractivity contribution in [2.45, 2.75) is 0 Å². The van der Waals surface area contributed by atoms with Crippen molar-refractivity contribution in [3.8, 4) is 23.0 Å². The number of phenolic OH excluding ortho intramolecular Hbond substituents is 2. The van der Waals surface area contributed by atoms with Gasteiger partial charge in [-0.2, -0.15) is 35.1 Å². The largest absolute Gasteiger partial charge is 0.503 e. The quantitative estimate of drug-likeness (QED) is 0.0411. The number of phenols is 2. The van der Waals surface area contributed by atoms with Crippen molar-refractivity contribution in [3.63, 3.8) is 0 Å². The Morgan fingerprint density at radius 3 is 1.02 bits per heavy atom. The van der Waals surface area contributed by atoms with E-state index in [9.17, 15) is 49.5 Å². The zero-order valence-electron chi connectivity index (χ0n) is 23.2. The number of hydrogen-bond acceptors (Lipinski definition) is 10. The Morgan fingerprint density at radius 2 is 0.783 bits per heavy atom. The Bertz CT molecular complexity index is 1230. The van der Waals surface area contributed by atoms with Gasteiger partial charge in [-0.15, -0.1) is 0 Å². The van der Waals surface area contributed by atoms with Crippen molar-refractivity contribution in [2.75, 3.05) is 38.4 Å². The van der Waals surface area contributed by atoms with Crippen molar-refractivity contribution in [2.24, 2.45) is 0 Å². The summed E-state index contributed by atoms with van der Waals surface area (Å²) >= 11 is 3.10. The maximum absolute atomic E-state index is 13.8. The number of benzene rings is 2. The molecule has 0 heterocycles. The summed E-state index contributed by atoms with van der Waals surface area (Å²) < 4.78 is 127. The van der Waals surface area contributed by atoms with Gasteiger partial charge in [0.2, 0.25) is 46.5 Å². The average molecular weight is 739 g/mol. The van der Waals surface area contributed by atoms with E-state index >= 15 is 0 Å². The Labute approximate surface area is 263 Å². The van der Waals surface area contributed by atoms with E-state index in [1.54, 1.807) is 0 Å². The first kappa shape index (κ1) is 41.2. The summed E-state index contributed by atoms with van der Waals surface area (Å²) in [7, 11) is 0. The normalized spacial score (nSPS) is 9.76. The van der Waals surface area contributed by atoms with E-state index in [2.05, 4.69) is 59.4 Å². The number of carbonyl (C=O) groups excluding carboxylic acids is 3. The van der Waals surface area contributed by atoms with Gasteiger partial charge in [0.25, 0.3) is 0 Å². The first-order valence-electron chi connectivity index (χ1n) is 11.9. The first-order valence-corrected chi connectivity index (χ1v) is 13.0. The molecule has 0 unspecified atom stereocenters. The molecule has 2 N–H and O–H groups in total. The summed E-state index contributed by atoms with van der Waals surface area (Å²) in [6, 6.07) is 0. The van der Waals surface area contributed by atoms with Gasteiger partial charge in [-0.25, -0.2) is 14.4 Å². The zero-order valence-corrected chi connectivity index (χ0v) is 24.7. The molecule has 0 bridgehead atoms. The third-order valence-electron chi connectivity index (χ3n) is 4.37. The molecule has 0 saturated heterocycles. The Morgan fingerprint density at radius 1 is 0.522 bits per heavy atom. The van der Waals surface area contributed by atoms with Gasteiger partial charge in [0, 0.05) is 23.6 Å². The highest BCUT2D eigenvalue weighted by molar-refractivity contribution is 9.09. The van der Waals surface area contributed by atoms with Crippen LogP contribution in [0.1, 0.15) is 0 Å². The molecule has 0 aliphatic rings. The Kier molecular flexibility index (Phi) is 18.8. The number of esters is 3. The second kappa shape index (κ2) is 21.0. The average Bonchev–Trinajstić information content (AvgIpc) is 3.06. The van der Waals surface area contributed by atoms with Crippen LogP contribution in [0.5, 0.6) is 23.0 Å². The summed E-state index contributed by atoms with van der Waals surface area (Å²) in [6.07, 6.45) is 2.83. The molecule has 19 heteroatoms. The lowest BCUT2D eigenvalue weighted by Crippen LogP contribution is -2.15. The van der Waals surface area contributed by atoms with Crippen LogP contribution in [0, 0.1) is 46.5 Å². The predicted molar refractivity (Wildman–Crippen MR) is 144 cm³/mol. The number of halogens is 9. The van der Waals surface area contributed by atoms with Gasteiger partial charge in [-0.05, 0) is 0 Å². The number of aromatic hydroxyl groups is 2. The molecule has 2 aromatic rings. The molecule has 10 nitrogen and oxygen atoms in total. The molecule has 0 atom stereocenters. The summed E-state index contributed by atoms with van der Waals surface area (Å²) in [5.41, 5.74) is 0. The SMILES string of the molecule is C=CC(=O)OCCBr.C=CC(=O)OCCOc1c(F)c(F)c(OCCOC(=O)C=C)c(F)c1F.Oc1c(F)c(F)c(O)c(F)c1F. The number of rotatable bonds is 13. The minimum atomic E-state index is -2.02. The number of hydrogen-bond donors (Lipinski definition) is 2. The van der Waals surface area contributed by atoms with E-state index in [4.69, 9.17) is 10.2 Å². The Balaban J connectivity index is 0.000000827. The van der Waals surface area contributed by atoms with E-state index in [0.29, 0.717) is 11.9 Å². The van der Waals surface area contributed by atoms with Crippen molar-refractivity contribution in [1.82, 2.24) is 0 Å². The maximum Gasteiger partial charge on any atom is 0.330 e. The van der Waals surface area contributed by atoms with E-state index in [0.717, 1.165) is 18.2 Å². The summed E-state index contributed by atoms with van der Waals surface area (Å²) in [6.45, 7) is 7.88. The van der Waals surface area contributed by atoms with Crippen LogP contribution in [0.15, 0.2) is 38.0 Å². The fourth-order valence-corrected chi connectivity index (χ4v) is 2.50. The minimum Gasteiger partial charge on any atom is -0.503 e. The summed E-state index contributed by atoms with van der Waals surface area (Å²) in [4.78, 5) is 31.8. The lowest BCUT2D eigenvalue weighted by molar-refractivity contribution is -0.139. The molecule has 254 valence electrons. The van der Waals surface area contributed by atoms with E-state index in [1.807, 2.05) is 0 Å². The van der Waals surface area contributed by atoms with Gasteiger partial charge in [-0.3, -0.25) is 0 Å². The molecule has 0 radical (unpaired) electrons. The monoisotopic (exact) mass is 738 g/mol. The lowest BCUT2D eigenvalue weighted by Gasteiger charge is -2.13. The van der Waals surface area contributed by atoms with Crippen molar-refractivity contribution in [1.29, 1.82) is 0 Å². The number of carbonyl (C=O) groups is 3. The first-order chi connectivity index (χ1) is 21.6. The fraction of sp³-hybridized carbons (Fsp3) is 0.222. The van der Waals surface area contributed by atoms with Gasteiger partial charge in [0.1, 0.15) is 33.0 Å². The van der Waals surface area contributed by atoms with Crippen molar-refractivity contribution < 1.29 is 83.4 Å². The van der Waals surface area contributed by atoms with E-state index < -0.39 is 108 Å². The van der Waals surface area contributed by atoms with Gasteiger partial charge >= 0.3 is 17.9 Å². The van der Waals surface area contributed by atoms with Crippen LogP contribution in [0.4, 0.5) is 35.1 Å². The molecule has 0 amide bonds. The molecule has 0 spiro atoms. The molecule has 2 rings (SSSR count). The van der Waals surface area contributed by atoms with Crippen LogP contribution in [0.2, 0.25) is 0 Å². The molecule has 46 heavy (non-hydrogen) atoms. The number of ether oxygens (including phenoxy) is 5. The molecule has 0 aliphatic carbocycles. The molecule has 0 fully saturated rings. The molecular weight excluding hydrogens is 716 g/mol. The van der Waals surface area contributed by atoms with Crippen LogP contribution < -0.4 is 9.47 Å². The standard InChI is InChI=1S/C16H14F4O6.C6H2F4O2.C5H7BrO2/c1-3-9(21)23-5-7-25-15-11(17)13(19)16(14(20)12(15)18)26-8-6-24-10(22)4-2;7-1-2(8)6(12)4(10)3(9)5(1)11;1-2-5(7)8-4-3-6/h3-4H,1-2,5-8H2;11-12H;2H,1,3-4H2. The third-order valence-corrected chi connectivity index (χ3v) is 4.69. The van der Waals surface area contributed by atoms with E-state index in [1.165, 1.54) is 0 Å². The smallest absolute Gasteiger partial charge is 0.330 e. The lowest BCUT2D eigenvalue weighted by atomic mass is 10.2. The highest BCUT2D eigenvalue weighted by Crippen LogP contribution is 2.35. The molecule has 2 aromatic carbocycles. The zero-order chi connectivity index (χ0) is 35.6. The summed E-state index contributed by atoms with van der Waals surface area (Å²) in [5.74, 6) is -23.7. The predicted octanol–water partition coefficient (Wildman–Crippen LogP) is 5.22. The highest BCUT2D eigenvalue weighted by Gasteiger charge is 2.28. The summed E-state index contributed by atoms with van der Waals surface area (Å²) in [5, 5.41) is 17.4. The van der Waals surface area contributed by atoms with Gasteiger partial charge in [0.15, 0.2) is 23.0 Å². The van der Waals surface area contributed by atoms with Crippen molar-refractivity contribution in [3.05, 3.63) is 84.5 Å². The van der Waals surface area contributed by atoms with Crippen LogP contribution in [0.3, 0.4) is 0 Å². The van der Waals surface area contributed by atoms with Crippen LogP contribution in [0.25, 0.3) is 0 Å². The van der Waals surface area contributed by atoms with Crippen LogP contribution in [-0.4, -0.2) is 66.5 Å². The van der Waals surface area contributed by atoms with Crippen molar-refractivity contribution >= 4 is 33.8 Å². The topological polar surface area (TPSA) is 138 Å². The second-order valence-electron chi connectivity index (χ2n) is 7.37. The van der Waals surface area contributed by atoms with E-state index in [-0.39, 0.29) is 5.97 Å². The molecule has 0 saturated carbocycles. The Hall–Kier alpha value is -4.81. The second-order valence-corrected chi connectivity index (χ2v) is 8.16.